The van der Waals surface area contributed by atoms with Crippen LogP contribution >= 0.6 is 0 Å². The summed E-state index contributed by atoms with van der Waals surface area (Å²) in [7, 11) is 0. The molecule has 8 heavy (non-hydrogen) atoms. The van der Waals surface area contributed by atoms with Crippen molar-refractivity contribution in [3.05, 3.63) is 6.92 Å². The summed E-state index contributed by atoms with van der Waals surface area (Å²) >= 11 is 0. The highest BCUT2D eigenvalue weighted by Gasteiger charge is 2.09. The Morgan fingerprint density at radius 1 is 1.38 bits per heavy atom. The maximum Gasteiger partial charge on any atom is 0.0468 e. The van der Waals surface area contributed by atoms with E-state index in [1.165, 1.54) is 12.8 Å². The Balaban J connectivity index is 2.13. The van der Waals surface area contributed by atoms with Gasteiger partial charge in [-0.3, -0.25) is 0 Å². The van der Waals surface area contributed by atoms with E-state index in [0.29, 0.717) is 0 Å². The minimum absolute atomic E-state index is 0.851. The quantitative estimate of drug-likeness (QED) is 0.502. The highest BCUT2D eigenvalue weighted by Crippen LogP contribution is 2.16. The summed E-state index contributed by atoms with van der Waals surface area (Å²) in [4.78, 5) is 0. The zero-order valence-corrected chi connectivity index (χ0v) is 5.23. The molecule has 0 aromatic carbocycles. The molecule has 1 saturated heterocycles. The first-order chi connectivity index (χ1) is 3.93. The van der Waals surface area contributed by atoms with E-state index in [2.05, 4.69) is 6.92 Å². The molecule has 0 N–H and O–H groups in total. The SMILES string of the molecule is [CH2]CC1CCOCC1. The van der Waals surface area contributed by atoms with Gasteiger partial charge in [0.05, 0.1) is 0 Å². The Morgan fingerprint density at radius 2 is 2.00 bits per heavy atom. The van der Waals surface area contributed by atoms with E-state index in [1.54, 1.807) is 0 Å². The van der Waals surface area contributed by atoms with Crippen LogP contribution in [0.4, 0.5) is 0 Å². The molecule has 0 aromatic rings. The zero-order chi connectivity index (χ0) is 5.82. The summed E-state index contributed by atoms with van der Waals surface area (Å²) in [5.41, 5.74) is 0. The van der Waals surface area contributed by atoms with Crippen LogP contribution < -0.4 is 0 Å². The summed E-state index contributed by atoms with van der Waals surface area (Å²) in [6, 6.07) is 0. The molecule has 0 amide bonds. The third-order valence-electron chi connectivity index (χ3n) is 1.75. The molecule has 0 aromatic heterocycles. The molecule has 0 bridgehead atoms. The van der Waals surface area contributed by atoms with Crippen molar-refractivity contribution >= 4 is 0 Å². The summed E-state index contributed by atoms with van der Waals surface area (Å²) in [6.07, 6.45) is 3.54. The van der Waals surface area contributed by atoms with Gasteiger partial charge in [-0.15, -0.1) is 0 Å². The lowest BCUT2D eigenvalue weighted by molar-refractivity contribution is 0.0671. The third kappa shape index (κ3) is 1.48. The first kappa shape index (κ1) is 6.09. The Morgan fingerprint density at radius 3 is 2.38 bits per heavy atom. The van der Waals surface area contributed by atoms with Crippen molar-refractivity contribution in [1.29, 1.82) is 0 Å². The van der Waals surface area contributed by atoms with Gasteiger partial charge in [-0.05, 0) is 18.8 Å². The van der Waals surface area contributed by atoms with Gasteiger partial charge >= 0.3 is 0 Å². The predicted octanol–water partition coefficient (Wildman–Crippen LogP) is 1.64. The van der Waals surface area contributed by atoms with Crippen molar-refractivity contribution in [3.8, 4) is 0 Å². The normalized spacial score (nSPS) is 23.6. The maximum atomic E-state index is 5.17. The summed E-state index contributed by atoms with van der Waals surface area (Å²) in [5, 5.41) is 0. The van der Waals surface area contributed by atoms with Gasteiger partial charge < -0.3 is 4.74 Å². The van der Waals surface area contributed by atoms with Crippen molar-refractivity contribution in [2.24, 2.45) is 5.92 Å². The molecule has 1 nitrogen and oxygen atoms in total. The average Bonchev–Trinajstić information content (AvgIpc) is 1.90. The van der Waals surface area contributed by atoms with E-state index in [-0.39, 0.29) is 0 Å². The smallest absolute Gasteiger partial charge is 0.0468 e. The van der Waals surface area contributed by atoms with Crippen molar-refractivity contribution in [1.82, 2.24) is 0 Å². The molecule has 0 atom stereocenters. The lowest BCUT2D eigenvalue weighted by atomic mass is 9.98. The first-order valence-electron chi connectivity index (χ1n) is 3.30. The van der Waals surface area contributed by atoms with E-state index in [9.17, 15) is 0 Å². The largest absolute Gasteiger partial charge is 0.381 e. The Labute approximate surface area is 51.0 Å². The van der Waals surface area contributed by atoms with Crippen LogP contribution in [0.1, 0.15) is 19.3 Å². The summed E-state index contributed by atoms with van der Waals surface area (Å²) in [6.45, 7) is 5.77. The fourth-order valence-corrected chi connectivity index (χ4v) is 1.04. The monoisotopic (exact) mass is 113 g/mol. The molecule has 1 aliphatic heterocycles. The molecule has 0 saturated carbocycles. The van der Waals surface area contributed by atoms with Gasteiger partial charge in [-0.25, -0.2) is 0 Å². The minimum Gasteiger partial charge on any atom is -0.381 e. The minimum atomic E-state index is 0.851. The average molecular weight is 113 g/mol. The first-order valence-corrected chi connectivity index (χ1v) is 3.30. The van der Waals surface area contributed by atoms with Crippen LogP contribution in [0.5, 0.6) is 0 Å². The molecule has 1 fully saturated rings. The third-order valence-corrected chi connectivity index (χ3v) is 1.75. The highest BCUT2D eigenvalue weighted by atomic mass is 16.5. The zero-order valence-electron chi connectivity index (χ0n) is 5.23. The lowest BCUT2D eigenvalue weighted by Gasteiger charge is -2.19. The van der Waals surface area contributed by atoms with E-state index in [1.807, 2.05) is 0 Å². The van der Waals surface area contributed by atoms with Crippen LogP contribution in [-0.2, 0) is 4.74 Å². The van der Waals surface area contributed by atoms with E-state index >= 15 is 0 Å². The standard InChI is InChI=1S/C7H13O/c1-2-7-3-5-8-6-4-7/h7H,1-6H2. The number of hydrogen-bond donors (Lipinski definition) is 0. The molecule has 1 rings (SSSR count). The van der Waals surface area contributed by atoms with Gasteiger partial charge in [0.25, 0.3) is 0 Å². The van der Waals surface area contributed by atoms with Crippen LogP contribution in [0.15, 0.2) is 0 Å². The summed E-state index contributed by atoms with van der Waals surface area (Å²) < 4.78 is 5.17. The number of rotatable bonds is 1. The van der Waals surface area contributed by atoms with Gasteiger partial charge in [0.15, 0.2) is 0 Å². The molecule has 1 radical (unpaired) electrons. The molecule has 47 valence electrons. The fraction of sp³-hybridized carbons (Fsp3) is 0.857. The summed E-state index contributed by atoms with van der Waals surface area (Å²) in [5.74, 6) is 0.851. The highest BCUT2D eigenvalue weighted by molar-refractivity contribution is 4.63. The molecule has 1 aliphatic rings. The number of ether oxygens (including phenoxy) is 1. The van der Waals surface area contributed by atoms with Crippen LogP contribution in [0.25, 0.3) is 0 Å². The van der Waals surface area contributed by atoms with Gasteiger partial charge in [-0.2, -0.15) is 0 Å². The van der Waals surface area contributed by atoms with Gasteiger partial charge in [0.2, 0.25) is 0 Å². The predicted molar refractivity (Wildman–Crippen MR) is 33.5 cm³/mol. The van der Waals surface area contributed by atoms with Crippen LogP contribution in [-0.4, -0.2) is 13.2 Å². The second-order valence-corrected chi connectivity index (χ2v) is 2.34. The van der Waals surface area contributed by atoms with Crippen molar-refractivity contribution in [3.63, 3.8) is 0 Å². The molecule has 0 unspecified atom stereocenters. The second-order valence-electron chi connectivity index (χ2n) is 2.34. The fourth-order valence-electron chi connectivity index (χ4n) is 1.04. The van der Waals surface area contributed by atoms with E-state index in [0.717, 1.165) is 25.6 Å². The van der Waals surface area contributed by atoms with Gasteiger partial charge in [0, 0.05) is 13.2 Å². The maximum absolute atomic E-state index is 5.17. The Kier molecular flexibility index (Phi) is 2.34. The van der Waals surface area contributed by atoms with E-state index < -0.39 is 0 Å². The Bertz CT molecular complexity index is 55.4. The van der Waals surface area contributed by atoms with E-state index in [4.69, 9.17) is 4.74 Å². The van der Waals surface area contributed by atoms with Crippen LogP contribution in [0.3, 0.4) is 0 Å². The van der Waals surface area contributed by atoms with Gasteiger partial charge in [-0.1, -0.05) is 13.3 Å². The molecular formula is C7H13O. The van der Waals surface area contributed by atoms with Crippen molar-refractivity contribution in [2.75, 3.05) is 13.2 Å². The molecule has 0 aliphatic carbocycles. The van der Waals surface area contributed by atoms with Crippen molar-refractivity contribution < 1.29 is 4.74 Å². The van der Waals surface area contributed by atoms with Crippen LogP contribution in [0.2, 0.25) is 0 Å². The molecule has 1 heteroatoms. The molecule has 0 spiro atoms. The number of hydrogen-bond acceptors (Lipinski definition) is 1. The second kappa shape index (κ2) is 3.08. The van der Waals surface area contributed by atoms with Gasteiger partial charge in [0.1, 0.15) is 0 Å². The topological polar surface area (TPSA) is 9.23 Å². The van der Waals surface area contributed by atoms with Crippen molar-refractivity contribution in [2.45, 2.75) is 19.3 Å². The lowest BCUT2D eigenvalue weighted by Crippen LogP contribution is -2.14. The molecular weight excluding hydrogens is 100 g/mol. The van der Waals surface area contributed by atoms with Crippen LogP contribution in [0, 0.1) is 12.8 Å². The molecule has 1 heterocycles. The Hall–Kier alpha value is -0.0400.